The van der Waals surface area contributed by atoms with E-state index >= 15 is 0 Å². The Morgan fingerprint density at radius 3 is 2.07 bits per heavy atom. The van der Waals surface area contributed by atoms with Crippen molar-refractivity contribution in [1.82, 2.24) is 0 Å². The van der Waals surface area contributed by atoms with Crippen LogP contribution in [0.15, 0.2) is 0 Å². The Hall–Kier alpha value is -0.890. The van der Waals surface area contributed by atoms with Crippen LogP contribution in [0.25, 0.3) is 0 Å². The van der Waals surface area contributed by atoms with Gasteiger partial charge in [-0.2, -0.15) is 5.26 Å². The minimum Gasteiger partial charge on any atom is -0.296 e. The van der Waals surface area contributed by atoms with Crippen molar-refractivity contribution in [2.75, 3.05) is 5.75 Å². The number of nitriles is 1. The Bertz CT molecular complexity index is 356. The number of Topliss-reactive ketones (excluding diaryl/α,β-unsaturated/α-hetero) is 1. The molecule has 0 amide bonds. The summed E-state index contributed by atoms with van der Waals surface area (Å²) in [5.41, 5.74) is -0.803. The maximum Gasteiger partial charge on any atom is 0.206 e. The van der Waals surface area contributed by atoms with E-state index in [2.05, 4.69) is 0 Å². The Labute approximate surface area is 84.8 Å². The largest absolute Gasteiger partial charge is 0.296 e. The van der Waals surface area contributed by atoms with Crippen molar-refractivity contribution in [3.05, 3.63) is 0 Å². The van der Waals surface area contributed by atoms with Gasteiger partial charge in [-0.05, 0) is 0 Å². The molecule has 0 radical (unpaired) electrons. The highest BCUT2D eigenvalue weighted by Crippen LogP contribution is 2.20. The van der Waals surface area contributed by atoms with Gasteiger partial charge in [-0.25, -0.2) is 8.42 Å². The molecule has 0 aliphatic heterocycles. The van der Waals surface area contributed by atoms with Crippen molar-refractivity contribution in [3.63, 3.8) is 0 Å². The summed E-state index contributed by atoms with van der Waals surface area (Å²) >= 11 is 0. The molecule has 0 aliphatic rings. The fraction of sp³-hybridized carbons (Fsp3) is 0.778. The van der Waals surface area contributed by atoms with E-state index in [1.807, 2.05) is 0 Å². The van der Waals surface area contributed by atoms with Crippen LogP contribution in [-0.2, 0) is 14.6 Å². The molecule has 0 saturated heterocycles. The van der Waals surface area contributed by atoms with E-state index < -0.39 is 26.3 Å². The third-order valence-electron chi connectivity index (χ3n) is 1.86. The number of carbonyl (C=O) groups excluding carboxylic acids is 1. The van der Waals surface area contributed by atoms with Crippen molar-refractivity contribution in [2.45, 2.75) is 32.9 Å². The summed E-state index contributed by atoms with van der Waals surface area (Å²) in [5, 5.41) is 7.16. The van der Waals surface area contributed by atoms with Gasteiger partial charge in [0.25, 0.3) is 0 Å². The maximum absolute atomic E-state index is 11.6. The van der Waals surface area contributed by atoms with Crippen molar-refractivity contribution < 1.29 is 13.2 Å². The smallest absolute Gasteiger partial charge is 0.206 e. The predicted octanol–water partition coefficient (Wildman–Crippen LogP) is 0.928. The van der Waals surface area contributed by atoms with Gasteiger partial charge in [-0.15, -0.1) is 0 Å². The zero-order chi connectivity index (χ0) is 11.6. The number of ketones is 1. The molecule has 0 aromatic rings. The average Bonchev–Trinajstić information content (AvgIpc) is 2.03. The van der Waals surface area contributed by atoms with Gasteiger partial charge in [0.15, 0.2) is 15.6 Å². The van der Waals surface area contributed by atoms with Crippen LogP contribution in [0.4, 0.5) is 0 Å². The lowest BCUT2D eigenvalue weighted by molar-refractivity contribution is -0.124. The van der Waals surface area contributed by atoms with Crippen LogP contribution in [0.2, 0.25) is 0 Å². The van der Waals surface area contributed by atoms with Gasteiger partial charge in [0.1, 0.15) is 0 Å². The normalized spacial score (nSPS) is 14.5. The molecule has 0 saturated carbocycles. The highest BCUT2D eigenvalue weighted by atomic mass is 32.2. The highest BCUT2D eigenvalue weighted by Gasteiger charge is 2.37. The number of rotatable bonds is 3. The van der Waals surface area contributed by atoms with Gasteiger partial charge in [0.05, 0.1) is 6.07 Å². The van der Waals surface area contributed by atoms with Gasteiger partial charge in [-0.1, -0.05) is 27.7 Å². The summed E-state index contributed by atoms with van der Waals surface area (Å²) in [6.45, 7) is 6.23. The first-order valence-corrected chi connectivity index (χ1v) is 6.04. The lowest BCUT2D eigenvalue weighted by Crippen LogP contribution is -2.38. The molecule has 4 nitrogen and oxygen atoms in total. The third-order valence-corrected chi connectivity index (χ3v) is 3.70. The number of hydrogen-bond acceptors (Lipinski definition) is 4. The predicted molar refractivity (Wildman–Crippen MR) is 53.3 cm³/mol. The zero-order valence-electron chi connectivity index (χ0n) is 8.86. The minimum absolute atomic E-state index is 0.187. The first-order chi connectivity index (χ1) is 6.16. The lowest BCUT2D eigenvalue weighted by atomic mass is 9.89. The van der Waals surface area contributed by atoms with E-state index in [1.54, 1.807) is 26.8 Å². The molecule has 0 fully saturated rings. The summed E-state index contributed by atoms with van der Waals surface area (Å²) in [6, 6.07) is 1.56. The van der Waals surface area contributed by atoms with Crippen LogP contribution in [0.5, 0.6) is 0 Å². The SMILES string of the molecule is CCS(=O)(=O)C(C#N)C(=O)C(C)(C)C. The number of hydrogen-bond donors (Lipinski definition) is 0. The average molecular weight is 217 g/mol. The summed E-state index contributed by atoms with van der Waals surface area (Å²) in [5.74, 6) is -0.727. The molecule has 0 spiro atoms. The van der Waals surface area contributed by atoms with Crippen molar-refractivity contribution >= 4 is 15.6 Å². The molecule has 1 unspecified atom stereocenters. The molecule has 0 bridgehead atoms. The van der Waals surface area contributed by atoms with Crippen molar-refractivity contribution in [3.8, 4) is 6.07 Å². The fourth-order valence-corrected chi connectivity index (χ4v) is 2.04. The van der Waals surface area contributed by atoms with Crippen LogP contribution in [0.3, 0.4) is 0 Å². The number of sulfone groups is 1. The van der Waals surface area contributed by atoms with Crippen LogP contribution in [0, 0.1) is 16.7 Å². The van der Waals surface area contributed by atoms with Gasteiger partial charge in [0, 0.05) is 11.2 Å². The van der Waals surface area contributed by atoms with Crippen LogP contribution >= 0.6 is 0 Å². The molecular formula is C9H15NO3S. The summed E-state index contributed by atoms with van der Waals surface area (Å²) in [4.78, 5) is 11.6. The van der Waals surface area contributed by atoms with Crippen LogP contribution in [-0.4, -0.2) is 25.2 Å². The van der Waals surface area contributed by atoms with Crippen molar-refractivity contribution in [1.29, 1.82) is 5.26 Å². The second kappa shape index (κ2) is 4.09. The van der Waals surface area contributed by atoms with E-state index in [0.29, 0.717) is 0 Å². The van der Waals surface area contributed by atoms with Gasteiger partial charge in [0.2, 0.25) is 5.25 Å². The summed E-state index contributed by atoms with van der Waals surface area (Å²) in [7, 11) is -3.60. The van der Waals surface area contributed by atoms with E-state index in [4.69, 9.17) is 5.26 Å². The molecule has 0 aliphatic carbocycles. The van der Waals surface area contributed by atoms with E-state index in [0.717, 1.165) is 0 Å². The first kappa shape index (κ1) is 13.1. The molecule has 5 heteroatoms. The van der Waals surface area contributed by atoms with E-state index in [1.165, 1.54) is 6.92 Å². The highest BCUT2D eigenvalue weighted by molar-refractivity contribution is 7.93. The molecule has 1 atom stereocenters. The fourth-order valence-electron chi connectivity index (χ4n) is 0.862. The summed E-state index contributed by atoms with van der Waals surface area (Å²) < 4.78 is 22.8. The molecule has 0 heterocycles. The van der Waals surface area contributed by atoms with Crippen LogP contribution in [0.1, 0.15) is 27.7 Å². The van der Waals surface area contributed by atoms with Crippen molar-refractivity contribution in [2.24, 2.45) is 5.41 Å². The second-order valence-electron chi connectivity index (χ2n) is 4.07. The Morgan fingerprint density at radius 1 is 1.43 bits per heavy atom. The lowest BCUT2D eigenvalue weighted by Gasteiger charge is -2.19. The Morgan fingerprint density at radius 2 is 1.86 bits per heavy atom. The molecular weight excluding hydrogens is 202 g/mol. The summed E-state index contributed by atoms with van der Waals surface area (Å²) in [6.07, 6.45) is 0. The van der Waals surface area contributed by atoms with E-state index in [-0.39, 0.29) is 5.75 Å². The molecule has 14 heavy (non-hydrogen) atoms. The number of carbonyl (C=O) groups is 1. The molecule has 0 N–H and O–H groups in total. The topological polar surface area (TPSA) is 75.0 Å². The number of nitrogens with zero attached hydrogens (tertiary/aromatic N) is 1. The van der Waals surface area contributed by atoms with Gasteiger partial charge < -0.3 is 0 Å². The maximum atomic E-state index is 11.6. The van der Waals surface area contributed by atoms with Gasteiger partial charge >= 0.3 is 0 Å². The molecule has 0 aromatic heterocycles. The first-order valence-electron chi connectivity index (χ1n) is 4.32. The minimum atomic E-state index is -3.60. The third kappa shape index (κ3) is 2.81. The van der Waals surface area contributed by atoms with Crippen LogP contribution < -0.4 is 0 Å². The molecule has 0 aromatic carbocycles. The monoisotopic (exact) mass is 217 g/mol. The second-order valence-corrected chi connectivity index (χ2v) is 6.45. The zero-order valence-corrected chi connectivity index (χ0v) is 9.68. The Balaban J connectivity index is 5.18. The molecule has 0 rings (SSSR count). The van der Waals surface area contributed by atoms with E-state index in [9.17, 15) is 13.2 Å². The Kier molecular flexibility index (Phi) is 3.83. The quantitative estimate of drug-likeness (QED) is 0.704. The standard InChI is InChI=1S/C9H15NO3S/c1-5-14(12,13)7(6-10)8(11)9(2,3)4/h7H,5H2,1-4H3. The molecule has 80 valence electrons. The van der Waals surface area contributed by atoms with Gasteiger partial charge in [-0.3, -0.25) is 4.79 Å².